The van der Waals surface area contributed by atoms with Crippen LogP contribution in [0.15, 0.2) is 66.9 Å². The fourth-order valence-corrected chi connectivity index (χ4v) is 3.18. The zero-order chi connectivity index (χ0) is 23.2. The van der Waals surface area contributed by atoms with E-state index >= 15 is 0 Å². The SMILES string of the molecule is CCOC(=O)c1cnc(-c2ccccc2)nc1Nc1cccc(Oc2nc(C)cc(C)n2)c1. The number of benzene rings is 2. The molecule has 0 radical (unpaired) electrons. The van der Waals surface area contributed by atoms with Gasteiger partial charge in [-0.25, -0.2) is 24.7 Å². The predicted molar refractivity (Wildman–Crippen MR) is 125 cm³/mol. The van der Waals surface area contributed by atoms with E-state index in [4.69, 9.17) is 9.47 Å². The number of aryl methyl sites for hydroxylation is 2. The first-order valence-corrected chi connectivity index (χ1v) is 10.5. The first-order chi connectivity index (χ1) is 16.0. The van der Waals surface area contributed by atoms with Crippen molar-refractivity contribution >= 4 is 17.5 Å². The Morgan fingerprint density at radius 3 is 2.42 bits per heavy atom. The van der Waals surface area contributed by atoms with E-state index in [1.165, 1.54) is 6.20 Å². The summed E-state index contributed by atoms with van der Waals surface area (Å²) < 4.78 is 11.0. The first kappa shape index (κ1) is 21.9. The second-order valence-corrected chi connectivity index (χ2v) is 7.23. The molecule has 0 aliphatic carbocycles. The highest BCUT2D eigenvalue weighted by molar-refractivity contribution is 5.95. The minimum Gasteiger partial charge on any atom is -0.462 e. The topological polar surface area (TPSA) is 99.1 Å². The second kappa shape index (κ2) is 9.86. The van der Waals surface area contributed by atoms with Crippen LogP contribution in [0.3, 0.4) is 0 Å². The van der Waals surface area contributed by atoms with Crippen molar-refractivity contribution in [3.63, 3.8) is 0 Å². The molecule has 166 valence electrons. The lowest BCUT2D eigenvalue weighted by Crippen LogP contribution is -2.11. The number of carbonyl (C=O) groups is 1. The largest absolute Gasteiger partial charge is 0.462 e. The minimum absolute atomic E-state index is 0.237. The summed E-state index contributed by atoms with van der Waals surface area (Å²) in [7, 11) is 0. The van der Waals surface area contributed by atoms with Gasteiger partial charge in [-0.3, -0.25) is 0 Å². The van der Waals surface area contributed by atoms with E-state index < -0.39 is 5.97 Å². The van der Waals surface area contributed by atoms with Gasteiger partial charge < -0.3 is 14.8 Å². The number of aromatic nitrogens is 4. The van der Waals surface area contributed by atoms with Gasteiger partial charge in [0.15, 0.2) is 5.82 Å². The Kier molecular flexibility index (Phi) is 6.54. The van der Waals surface area contributed by atoms with E-state index in [9.17, 15) is 4.79 Å². The maximum absolute atomic E-state index is 12.5. The fourth-order valence-electron chi connectivity index (χ4n) is 3.18. The third kappa shape index (κ3) is 5.48. The summed E-state index contributed by atoms with van der Waals surface area (Å²) in [6, 6.07) is 18.9. The van der Waals surface area contributed by atoms with Crippen molar-refractivity contribution in [1.82, 2.24) is 19.9 Å². The molecule has 0 aliphatic heterocycles. The van der Waals surface area contributed by atoms with Gasteiger partial charge in [-0.05, 0) is 39.0 Å². The Morgan fingerprint density at radius 1 is 0.939 bits per heavy atom. The lowest BCUT2D eigenvalue weighted by atomic mass is 10.2. The van der Waals surface area contributed by atoms with Crippen molar-refractivity contribution in [2.45, 2.75) is 20.8 Å². The van der Waals surface area contributed by atoms with Gasteiger partial charge in [-0.1, -0.05) is 36.4 Å². The van der Waals surface area contributed by atoms with Crippen molar-refractivity contribution in [1.29, 1.82) is 0 Å². The van der Waals surface area contributed by atoms with Crippen LogP contribution >= 0.6 is 0 Å². The molecule has 0 saturated heterocycles. The molecule has 0 spiro atoms. The van der Waals surface area contributed by atoms with E-state index in [1.54, 1.807) is 19.1 Å². The number of carbonyl (C=O) groups excluding carboxylic acids is 1. The number of rotatable bonds is 7. The van der Waals surface area contributed by atoms with Gasteiger partial charge in [-0.2, -0.15) is 0 Å². The van der Waals surface area contributed by atoms with Crippen LogP contribution in [0.25, 0.3) is 11.4 Å². The van der Waals surface area contributed by atoms with Gasteiger partial charge >= 0.3 is 12.0 Å². The summed E-state index contributed by atoms with van der Waals surface area (Å²) >= 11 is 0. The Balaban J connectivity index is 1.65. The van der Waals surface area contributed by atoms with Gasteiger partial charge in [0.05, 0.1) is 6.61 Å². The van der Waals surface area contributed by atoms with E-state index in [-0.39, 0.29) is 18.2 Å². The van der Waals surface area contributed by atoms with Gasteiger partial charge in [0.25, 0.3) is 0 Å². The number of hydrogen-bond acceptors (Lipinski definition) is 8. The molecule has 0 unspecified atom stereocenters. The molecule has 8 heteroatoms. The van der Waals surface area contributed by atoms with Crippen LogP contribution in [-0.4, -0.2) is 32.5 Å². The highest BCUT2D eigenvalue weighted by Gasteiger charge is 2.17. The van der Waals surface area contributed by atoms with Crippen LogP contribution in [0.4, 0.5) is 11.5 Å². The number of nitrogens with zero attached hydrogens (tertiary/aromatic N) is 4. The van der Waals surface area contributed by atoms with E-state index in [0.29, 0.717) is 23.1 Å². The monoisotopic (exact) mass is 441 g/mol. The zero-order valence-corrected chi connectivity index (χ0v) is 18.6. The summed E-state index contributed by atoms with van der Waals surface area (Å²) in [6.45, 7) is 5.77. The van der Waals surface area contributed by atoms with Crippen LogP contribution in [0, 0.1) is 13.8 Å². The summed E-state index contributed by atoms with van der Waals surface area (Å²) in [5.74, 6) is 0.861. The Bertz CT molecular complexity index is 1260. The number of anilines is 2. The van der Waals surface area contributed by atoms with Crippen molar-refractivity contribution < 1.29 is 14.3 Å². The second-order valence-electron chi connectivity index (χ2n) is 7.23. The molecule has 2 heterocycles. The summed E-state index contributed by atoms with van der Waals surface area (Å²) in [5, 5.41) is 3.20. The molecular formula is C25H23N5O3. The molecule has 0 aliphatic rings. The Morgan fingerprint density at radius 2 is 1.70 bits per heavy atom. The summed E-state index contributed by atoms with van der Waals surface area (Å²) in [6.07, 6.45) is 1.47. The molecule has 2 aromatic carbocycles. The fraction of sp³-hybridized carbons (Fsp3) is 0.160. The average molecular weight is 441 g/mol. The van der Waals surface area contributed by atoms with Crippen molar-refractivity contribution in [2.75, 3.05) is 11.9 Å². The van der Waals surface area contributed by atoms with Gasteiger partial charge in [0.1, 0.15) is 17.1 Å². The Hall–Kier alpha value is -4.33. The first-order valence-electron chi connectivity index (χ1n) is 10.5. The van der Waals surface area contributed by atoms with Crippen LogP contribution in [0.5, 0.6) is 11.8 Å². The minimum atomic E-state index is -0.504. The molecule has 4 aromatic rings. The quantitative estimate of drug-likeness (QED) is 0.388. The molecule has 0 amide bonds. The van der Waals surface area contributed by atoms with Crippen LogP contribution in [0.2, 0.25) is 0 Å². The molecule has 0 bridgehead atoms. The Labute approximate surface area is 191 Å². The third-order valence-corrected chi connectivity index (χ3v) is 4.58. The van der Waals surface area contributed by atoms with Crippen LogP contribution in [0.1, 0.15) is 28.7 Å². The van der Waals surface area contributed by atoms with E-state index in [0.717, 1.165) is 17.0 Å². The number of hydrogen-bond donors (Lipinski definition) is 1. The number of ether oxygens (including phenoxy) is 2. The highest BCUT2D eigenvalue weighted by Crippen LogP contribution is 2.27. The molecule has 4 rings (SSSR count). The number of nitrogens with one attached hydrogen (secondary N) is 1. The summed E-state index contributed by atoms with van der Waals surface area (Å²) in [5.41, 5.74) is 3.38. The molecule has 0 saturated carbocycles. The summed E-state index contributed by atoms with van der Waals surface area (Å²) in [4.78, 5) is 30.1. The molecule has 1 N–H and O–H groups in total. The number of esters is 1. The molecule has 33 heavy (non-hydrogen) atoms. The van der Waals surface area contributed by atoms with Gasteiger partial charge in [-0.15, -0.1) is 0 Å². The third-order valence-electron chi connectivity index (χ3n) is 4.58. The van der Waals surface area contributed by atoms with Crippen LogP contribution < -0.4 is 10.1 Å². The van der Waals surface area contributed by atoms with Gasteiger partial charge in [0.2, 0.25) is 0 Å². The molecular weight excluding hydrogens is 418 g/mol. The zero-order valence-electron chi connectivity index (χ0n) is 18.6. The van der Waals surface area contributed by atoms with Crippen molar-refractivity contribution in [3.05, 3.63) is 83.8 Å². The standard InChI is InChI=1S/C25H23N5O3/c1-4-32-24(31)21-15-26-22(18-9-6-5-7-10-18)30-23(21)29-19-11-8-12-20(14-19)33-25-27-16(2)13-17(3)28-25/h5-15H,4H2,1-3H3,(H,26,29,30). The van der Waals surface area contributed by atoms with Crippen molar-refractivity contribution in [2.24, 2.45) is 0 Å². The normalized spacial score (nSPS) is 10.5. The molecule has 0 atom stereocenters. The predicted octanol–water partition coefficient (Wildman–Crippen LogP) is 5.26. The smallest absolute Gasteiger partial charge is 0.343 e. The molecule has 8 nitrogen and oxygen atoms in total. The lowest BCUT2D eigenvalue weighted by Gasteiger charge is -2.13. The molecule has 2 aromatic heterocycles. The van der Waals surface area contributed by atoms with E-state index in [1.807, 2.05) is 62.4 Å². The van der Waals surface area contributed by atoms with Crippen molar-refractivity contribution in [3.8, 4) is 23.1 Å². The maximum Gasteiger partial charge on any atom is 0.343 e. The maximum atomic E-state index is 12.5. The van der Waals surface area contributed by atoms with Gasteiger partial charge in [0, 0.05) is 34.9 Å². The highest BCUT2D eigenvalue weighted by atomic mass is 16.5. The van der Waals surface area contributed by atoms with E-state index in [2.05, 4.69) is 25.3 Å². The lowest BCUT2D eigenvalue weighted by molar-refractivity contribution is 0.0526. The molecule has 0 fully saturated rings. The van der Waals surface area contributed by atoms with Crippen LogP contribution in [-0.2, 0) is 4.74 Å². The average Bonchev–Trinajstić information content (AvgIpc) is 2.79.